The van der Waals surface area contributed by atoms with Crippen LogP contribution < -0.4 is 40.0 Å². The highest BCUT2D eigenvalue weighted by Crippen LogP contribution is 2.64. The Labute approximate surface area is 400 Å². The summed E-state index contributed by atoms with van der Waals surface area (Å²) in [4.78, 5) is 0. The molecule has 68 heavy (non-hydrogen) atoms. The second-order valence-electron chi connectivity index (χ2n) is 18.4. The van der Waals surface area contributed by atoms with Crippen molar-refractivity contribution >= 4 is 69.3 Å². The van der Waals surface area contributed by atoms with Crippen LogP contribution in [0.5, 0.6) is 11.5 Å². The molecule has 0 saturated carbocycles. The van der Waals surface area contributed by atoms with Gasteiger partial charge >= 0.3 is 16.6 Å². The summed E-state index contributed by atoms with van der Waals surface area (Å²) in [6.07, 6.45) is 6.85. The number of benzene rings is 10. The summed E-state index contributed by atoms with van der Waals surface area (Å²) < 4.78 is 17.1. The Morgan fingerprint density at radius 2 is 0.676 bits per heavy atom. The lowest BCUT2D eigenvalue weighted by Crippen LogP contribution is -2.72. The van der Waals surface area contributed by atoms with Gasteiger partial charge in [-0.1, -0.05) is 248 Å². The van der Waals surface area contributed by atoms with Gasteiger partial charge in [-0.2, -0.15) is 0 Å². The molecule has 4 aliphatic rings. The maximum Gasteiger partial charge on any atom is 0.346 e. The van der Waals surface area contributed by atoms with Crippen molar-refractivity contribution in [3.8, 4) is 11.5 Å². The lowest BCUT2D eigenvalue weighted by Gasteiger charge is -2.47. The van der Waals surface area contributed by atoms with Crippen LogP contribution >= 0.6 is 0 Å². The Balaban J connectivity index is 1.22. The van der Waals surface area contributed by atoms with Gasteiger partial charge < -0.3 is 8.85 Å². The van der Waals surface area contributed by atoms with Crippen molar-refractivity contribution in [2.45, 2.75) is 24.7 Å². The summed E-state index contributed by atoms with van der Waals surface area (Å²) in [7, 11) is -6.72. The van der Waals surface area contributed by atoms with Crippen LogP contribution in [0.2, 0.25) is 0 Å². The maximum absolute atomic E-state index is 8.56. The van der Waals surface area contributed by atoms with Gasteiger partial charge in [0.15, 0.2) is 0 Å². The fourth-order valence-corrected chi connectivity index (χ4v) is 19.7. The zero-order chi connectivity index (χ0) is 45.1. The maximum atomic E-state index is 8.56. The molecule has 0 saturated heterocycles. The first-order valence-corrected chi connectivity index (χ1v) is 27.8. The number of hydrogen-bond donors (Lipinski definition) is 0. The van der Waals surface area contributed by atoms with E-state index in [9.17, 15) is 0 Å². The first kappa shape index (κ1) is 40.5. The largest absolute Gasteiger partial charge is 0.530 e. The molecular formula is C64H48O2Si2. The van der Waals surface area contributed by atoms with Gasteiger partial charge in [0.25, 0.3) is 0 Å². The molecule has 2 nitrogen and oxygen atoms in total. The number of hydrogen-bond acceptors (Lipinski definition) is 2. The molecule has 0 aromatic heterocycles. The predicted molar refractivity (Wildman–Crippen MR) is 286 cm³/mol. The topological polar surface area (TPSA) is 18.5 Å². The molecule has 0 N–H and O–H groups in total. The summed E-state index contributed by atoms with van der Waals surface area (Å²) in [6.45, 7) is 0. The molecule has 4 aliphatic carbocycles. The average Bonchev–Trinajstić information content (AvgIpc) is 3.43. The van der Waals surface area contributed by atoms with E-state index in [0.29, 0.717) is 0 Å². The van der Waals surface area contributed by atoms with Gasteiger partial charge in [-0.15, -0.1) is 0 Å². The Kier molecular flexibility index (Phi) is 9.85. The van der Waals surface area contributed by atoms with Crippen LogP contribution in [-0.2, 0) is 0 Å². The second-order valence-corrected chi connectivity index (χ2v) is 25.0. The number of rotatable bonds is 10. The van der Waals surface area contributed by atoms with Gasteiger partial charge in [0.2, 0.25) is 0 Å². The Hall–Kier alpha value is -7.77. The zero-order valence-corrected chi connectivity index (χ0v) is 39.6. The van der Waals surface area contributed by atoms with Crippen molar-refractivity contribution in [1.29, 1.82) is 0 Å². The van der Waals surface area contributed by atoms with Gasteiger partial charge in [0, 0.05) is 33.7 Å². The van der Waals surface area contributed by atoms with E-state index in [4.69, 9.17) is 8.85 Å². The van der Waals surface area contributed by atoms with Crippen molar-refractivity contribution in [2.24, 2.45) is 0 Å². The molecule has 0 radical (unpaired) electrons. The van der Waals surface area contributed by atoms with Crippen LogP contribution in [0.4, 0.5) is 0 Å². The smallest absolute Gasteiger partial charge is 0.346 e. The minimum absolute atomic E-state index is 0.0327. The van der Waals surface area contributed by atoms with Gasteiger partial charge in [-0.3, -0.25) is 0 Å². The first-order chi connectivity index (χ1) is 33.7. The molecule has 0 amide bonds. The van der Waals surface area contributed by atoms with Crippen LogP contribution in [0, 0.1) is 0 Å². The second kappa shape index (κ2) is 16.5. The minimum atomic E-state index is -3.36. The molecule has 14 rings (SSSR count). The molecule has 2 bridgehead atoms. The van der Waals surface area contributed by atoms with Crippen LogP contribution in [0.15, 0.2) is 266 Å². The molecule has 1 unspecified atom stereocenters. The zero-order valence-electron chi connectivity index (χ0n) is 37.6. The third-order valence-corrected chi connectivity index (χ3v) is 22.7. The molecule has 2 atom stereocenters. The summed E-state index contributed by atoms with van der Waals surface area (Å²) in [5.41, 5.74) is 8.12. The van der Waals surface area contributed by atoms with E-state index in [2.05, 4.69) is 255 Å². The van der Waals surface area contributed by atoms with Gasteiger partial charge in [0.05, 0.1) is 0 Å². The third kappa shape index (κ3) is 6.21. The van der Waals surface area contributed by atoms with Crippen LogP contribution in [0.1, 0.15) is 46.9 Å². The molecule has 0 fully saturated rings. The lowest BCUT2D eigenvalue weighted by molar-refractivity contribution is 0.536. The molecule has 10 aromatic carbocycles. The fourth-order valence-electron chi connectivity index (χ4n) is 12.0. The first-order valence-electron chi connectivity index (χ1n) is 24.0. The Morgan fingerprint density at radius 1 is 0.353 bits per heavy atom. The van der Waals surface area contributed by atoms with E-state index in [1.54, 1.807) is 0 Å². The lowest BCUT2D eigenvalue weighted by atomic mass is 9.58. The summed E-state index contributed by atoms with van der Waals surface area (Å²) in [5, 5.41) is 11.7. The van der Waals surface area contributed by atoms with Crippen molar-refractivity contribution in [3.05, 3.63) is 288 Å². The monoisotopic (exact) mass is 904 g/mol. The Bertz CT molecular complexity index is 3360. The fraction of sp³-hybridized carbons (Fsp3) is 0.0625. The van der Waals surface area contributed by atoms with Crippen molar-refractivity contribution in [2.75, 3.05) is 0 Å². The highest BCUT2D eigenvalue weighted by Gasteiger charge is 2.52. The number of allylic oxidation sites excluding steroid dienone is 4. The molecule has 10 aromatic rings. The third-order valence-electron chi connectivity index (χ3n) is 14.9. The normalized spacial score (nSPS) is 16.0. The van der Waals surface area contributed by atoms with E-state index < -0.39 is 16.6 Å². The summed E-state index contributed by atoms with van der Waals surface area (Å²) >= 11 is 0. The Morgan fingerprint density at radius 3 is 1.06 bits per heavy atom. The van der Waals surface area contributed by atoms with Crippen LogP contribution in [0.25, 0.3) is 21.5 Å². The van der Waals surface area contributed by atoms with E-state index in [1.807, 2.05) is 0 Å². The van der Waals surface area contributed by atoms with E-state index in [1.165, 1.54) is 75.3 Å². The van der Waals surface area contributed by atoms with Crippen molar-refractivity contribution < 1.29 is 8.85 Å². The van der Waals surface area contributed by atoms with Crippen molar-refractivity contribution in [1.82, 2.24) is 0 Å². The quantitative estimate of drug-likeness (QED) is 0.0773. The van der Waals surface area contributed by atoms with Crippen molar-refractivity contribution in [3.63, 3.8) is 0 Å². The molecule has 324 valence electrons. The van der Waals surface area contributed by atoms with Gasteiger partial charge in [-0.05, 0) is 83.6 Å². The molecule has 0 aliphatic heterocycles. The molecule has 4 heteroatoms. The highest BCUT2D eigenvalue weighted by atomic mass is 28.4. The highest BCUT2D eigenvalue weighted by molar-refractivity contribution is 7.08. The van der Waals surface area contributed by atoms with E-state index in [-0.39, 0.29) is 11.8 Å². The summed E-state index contributed by atoms with van der Waals surface area (Å²) in [6, 6.07) is 89.2. The molecule has 0 heterocycles. The van der Waals surface area contributed by atoms with E-state index in [0.717, 1.165) is 35.1 Å². The average molecular weight is 905 g/mol. The SMILES string of the molecule is C1=CC2=C(CC1)[C@@H]1c3ccccc3C2c2c1c(O[Si](c1ccccc1)(c1ccccc1)c1ccccc1)c1cc3ccccc3cc1c2O[Si](c1ccccc1)(c1ccccc1)c1ccccc1. The van der Waals surface area contributed by atoms with Gasteiger partial charge in [-0.25, -0.2) is 0 Å². The predicted octanol–water partition coefficient (Wildman–Crippen LogP) is 11.3. The van der Waals surface area contributed by atoms with Crippen LogP contribution in [-0.4, -0.2) is 16.6 Å². The number of fused-ring (bicyclic) bond motifs is 2. The molecule has 0 spiro atoms. The standard InChI is InChI=1S/C64H48O2Si2/c1-7-27-47(28-8-1)67(48-29-9-2-10-30-48,49-31-11-3-12-32-49)65-63-57-43-45-25-19-20-26-46(45)44-58(57)64(62-60-55-41-23-21-39-53(55)59(61(62)63)54-40-22-24-42-56(54)60)66-68(50-33-13-4-14-34-50,51-35-15-5-16-36-51)52-37-17-6-18-38-52/h1-23,25-41,43-44,59-60H,24,42H2/t59?,60-/m0/s1. The van der Waals surface area contributed by atoms with Crippen LogP contribution in [0.3, 0.4) is 0 Å². The van der Waals surface area contributed by atoms with Gasteiger partial charge in [0.1, 0.15) is 11.5 Å². The molecular weight excluding hydrogens is 857 g/mol. The minimum Gasteiger partial charge on any atom is -0.530 e. The summed E-state index contributed by atoms with van der Waals surface area (Å²) in [5.74, 6) is 1.82. The van der Waals surface area contributed by atoms with E-state index >= 15 is 0 Å².